The Morgan fingerprint density at radius 3 is 2.81 bits per heavy atom. The van der Waals surface area contributed by atoms with Gasteiger partial charge in [-0.25, -0.2) is 4.39 Å². The van der Waals surface area contributed by atoms with E-state index in [4.69, 9.17) is 10.5 Å². The molecule has 0 amide bonds. The molecule has 1 heterocycles. The first kappa shape index (κ1) is 13.8. The number of ether oxygens (including phenoxy) is 1. The number of anilines is 1. The average molecular weight is 347 g/mol. The summed E-state index contributed by atoms with van der Waals surface area (Å²) in [4.78, 5) is 4.26. The highest BCUT2D eigenvalue weighted by atomic mass is 79.9. The van der Waals surface area contributed by atoms with Crippen molar-refractivity contribution in [2.45, 2.75) is 6.61 Å². The molecule has 0 saturated carbocycles. The fourth-order valence-electron chi connectivity index (χ4n) is 2.08. The lowest BCUT2D eigenvalue weighted by molar-refractivity contribution is 0.305. The number of nitrogens with zero attached hydrogens (tertiary/aromatic N) is 1. The molecule has 3 nitrogen and oxygen atoms in total. The number of rotatable bonds is 3. The highest BCUT2D eigenvalue weighted by Crippen LogP contribution is 2.32. The molecule has 2 aromatic carbocycles. The minimum atomic E-state index is -0.296. The SMILES string of the molecule is Nc1cnc2ccc(Br)cc2c1OCc1ccccc1F. The van der Waals surface area contributed by atoms with Gasteiger partial charge in [-0.2, -0.15) is 0 Å². The van der Waals surface area contributed by atoms with E-state index in [1.807, 2.05) is 18.2 Å². The second-order valence-electron chi connectivity index (χ2n) is 4.58. The molecule has 21 heavy (non-hydrogen) atoms. The molecule has 0 radical (unpaired) electrons. The van der Waals surface area contributed by atoms with E-state index < -0.39 is 0 Å². The molecule has 0 atom stereocenters. The summed E-state index contributed by atoms with van der Waals surface area (Å²) in [5, 5.41) is 0.792. The summed E-state index contributed by atoms with van der Waals surface area (Å²) in [7, 11) is 0. The van der Waals surface area contributed by atoms with Gasteiger partial charge in [0.15, 0.2) is 5.75 Å². The zero-order valence-corrected chi connectivity index (χ0v) is 12.6. The van der Waals surface area contributed by atoms with Gasteiger partial charge in [0.2, 0.25) is 0 Å². The molecule has 0 spiro atoms. The van der Waals surface area contributed by atoms with Crippen molar-refractivity contribution in [3.05, 3.63) is 64.5 Å². The predicted octanol–water partition coefficient (Wildman–Crippen LogP) is 4.30. The third-order valence-electron chi connectivity index (χ3n) is 3.14. The number of benzene rings is 2. The van der Waals surface area contributed by atoms with Crippen molar-refractivity contribution >= 4 is 32.5 Å². The van der Waals surface area contributed by atoms with Crippen LogP contribution in [0.2, 0.25) is 0 Å². The number of fused-ring (bicyclic) bond motifs is 1. The summed E-state index contributed by atoms with van der Waals surface area (Å²) in [5.41, 5.74) is 7.63. The van der Waals surface area contributed by atoms with E-state index in [2.05, 4.69) is 20.9 Å². The lowest BCUT2D eigenvalue weighted by atomic mass is 10.2. The molecule has 0 bridgehead atoms. The van der Waals surface area contributed by atoms with E-state index in [9.17, 15) is 4.39 Å². The Hall–Kier alpha value is -2.14. The van der Waals surface area contributed by atoms with Crippen molar-refractivity contribution in [1.29, 1.82) is 0 Å². The fraction of sp³-hybridized carbons (Fsp3) is 0.0625. The number of nitrogens with two attached hydrogens (primary N) is 1. The second kappa shape index (κ2) is 5.69. The third-order valence-corrected chi connectivity index (χ3v) is 3.63. The minimum Gasteiger partial charge on any atom is -0.486 e. The molecular weight excluding hydrogens is 335 g/mol. The maximum Gasteiger partial charge on any atom is 0.153 e. The fourth-order valence-corrected chi connectivity index (χ4v) is 2.44. The van der Waals surface area contributed by atoms with Gasteiger partial charge in [-0.3, -0.25) is 4.98 Å². The van der Waals surface area contributed by atoms with E-state index in [1.54, 1.807) is 24.4 Å². The number of halogens is 2. The molecule has 3 aromatic rings. The van der Waals surface area contributed by atoms with Crippen molar-refractivity contribution in [3.63, 3.8) is 0 Å². The van der Waals surface area contributed by atoms with E-state index in [0.29, 0.717) is 17.0 Å². The van der Waals surface area contributed by atoms with Gasteiger partial charge in [-0.05, 0) is 24.3 Å². The Balaban J connectivity index is 1.98. The lowest BCUT2D eigenvalue weighted by Crippen LogP contribution is -2.02. The molecule has 3 rings (SSSR count). The van der Waals surface area contributed by atoms with Crippen LogP contribution in [0.3, 0.4) is 0 Å². The van der Waals surface area contributed by atoms with Crippen molar-refractivity contribution in [1.82, 2.24) is 4.98 Å². The first-order valence-corrected chi connectivity index (χ1v) is 7.14. The van der Waals surface area contributed by atoms with Gasteiger partial charge < -0.3 is 10.5 Å². The van der Waals surface area contributed by atoms with Gasteiger partial charge in [0, 0.05) is 15.4 Å². The highest BCUT2D eigenvalue weighted by molar-refractivity contribution is 9.10. The summed E-state index contributed by atoms with van der Waals surface area (Å²) < 4.78 is 20.3. The van der Waals surface area contributed by atoms with Crippen LogP contribution in [0.5, 0.6) is 5.75 Å². The summed E-state index contributed by atoms with van der Waals surface area (Å²) >= 11 is 3.41. The van der Waals surface area contributed by atoms with Gasteiger partial charge in [-0.15, -0.1) is 0 Å². The molecule has 0 aliphatic rings. The van der Waals surface area contributed by atoms with Crippen LogP contribution < -0.4 is 10.5 Å². The average Bonchev–Trinajstić information content (AvgIpc) is 2.48. The lowest BCUT2D eigenvalue weighted by Gasteiger charge is -2.12. The molecule has 5 heteroatoms. The van der Waals surface area contributed by atoms with Crippen LogP contribution in [-0.2, 0) is 6.61 Å². The van der Waals surface area contributed by atoms with Gasteiger partial charge in [0.25, 0.3) is 0 Å². The largest absolute Gasteiger partial charge is 0.486 e. The number of hydrogen-bond donors (Lipinski definition) is 1. The van der Waals surface area contributed by atoms with Gasteiger partial charge in [0.1, 0.15) is 12.4 Å². The van der Waals surface area contributed by atoms with E-state index in [0.717, 1.165) is 15.4 Å². The van der Waals surface area contributed by atoms with Crippen molar-refractivity contribution < 1.29 is 9.13 Å². The van der Waals surface area contributed by atoms with Crippen LogP contribution >= 0.6 is 15.9 Å². The van der Waals surface area contributed by atoms with Crippen LogP contribution in [0.4, 0.5) is 10.1 Å². The van der Waals surface area contributed by atoms with Gasteiger partial charge in [-0.1, -0.05) is 34.1 Å². The third kappa shape index (κ3) is 2.83. The van der Waals surface area contributed by atoms with Gasteiger partial charge >= 0.3 is 0 Å². The molecule has 0 saturated heterocycles. The number of nitrogen functional groups attached to an aromatic ring is 1. The first-order valence-electron chi connectivity index (χ1n) is 6.35. The Morgan fingerprint density at radius 2 is 2.00 bits per heavy atom. The summed E-state index contributed by atoms with van der Waals surface area (Å²) in [6, 6.07) is 12.2. The van der Waals surface area contributed by atoms with Gasteiger partial charge in [0.05, 0.1) is 17.4 Å². The summed E-state index contributed by atoms with van der Waals surface area (Å²) in [6.45, 7) is 0.114. The predicted molar refractivity (Wildman–Crippen MR) is 84.6 cm³/mol. The Kier molecular flexibility index (Phi) is 3.75. The Labute approximate surface area is 129 Å². The van der Waals surface area contributed by atoms with E-state index >= 15 is 0 Å². The van der Waals surface area contributed by atoms with Crippen LogP contribution in [0.1, 0.15) is 5.56 Å². The Morgan fingerprint density at radius 1 is 1.19 bits per heavy atom. The standard InChI is InChI=1S/C16H12BrFN2O/c17-11-5-6-15-12(7-11)16(14(19)8-20-15)21-9-10-3-1-2-4-13(10)18/h1-8H,9,19H2. The molecule has 0 unspecified atom stereocenters. The Bertz CT molecular complexity index is 802. The molecule has 0 aliphatic heterocycles. The highest BCUT2D eigenvalue weighted by Gasteiger charge is 2.10. The normalized spacial score (nSPS) is 10.8. The first-order chi connectivity index (χ1) is 10.1. The molecule has 106 valence electrons. The van der Waals surface area contributed by atoms with E-state index in [-0.39, 0.29) is 12.4 Å². The number of aromatic nitrogens is 1. The minimum absolute atomic E-state index is 0.114. The van der Waals surface area contributed by atoms with Crippen molar-refractivity contribution in [2.75, 3.05) is 5.73 Å². The topological polar surface area (TPSA) is 48.1 Å². The summed E-state index contributed by atoms with van der Waals surface area (Å²) in [5.74, 6) is 0.222. The van der Waals surface area contributed by atoms with Crippen molar-refractivity contribution in [2.24, 2.45) is 0 Å². The molecule has 0 fully saturated rings. The maximum absolute atomic E-state index is 13.6. The molecule has 0 aliphatic carbocycles. The van der Waals surface area contributed by atoms with E-state index in [1.165, 1.54) is 6.07 Å². The second-order valence-corrected chi connectivity index (χ2v) is 5.50. The molecule has 2 N–H and O–H groups in total. The van der Waals surface area contributed by atoms with Crippen LogP contribution in [0, 0.1) is 5.82 Å². The van der Waals surface area contributed by atoms with Crippen LogP contribution in [0.25, 0.3) is 10.9 Å². The monoisotopic (exact) mass is 346 g/mol. The maximum atomic E-state index is 13.6. The smallest absolute Gasteiger partial charge is 0.153 e. The zero-order valence-electron chi connectivity index (χ0n) is 11.0. The summed E-state index contributed by atoms with van der Waals surface area (Å²) in [6.07, 6.45) is 1.55. The molecular formula is C16H12BrFN2O. The quantitative estimate of drug-likeness (QED) is 0.769. The van der Waals surface area contributed by atoms with Crippen LogP contribution in [-0.4, -0.2) is 4.98 Å². The number of pyridine rings is 1. The number of hydrogen-bond acceptors (Lipinski definition) is 3. The zero-order chi connectivity index (χ0) is 14.8. The van der Waals surface area contributed by atoms with Crippen molar-refractivity contribution in [3.8, 4) is 5.75 Å². The molecule has 1 aromatic heterocycles. The van der Waals surface area contributed by atoms with Crippen LogP contribution in [0.15, 0.2) is 53.1 Å².